The third kappa shape index (κ3) is 3.07. The summed E-state index contributed by atoms with van der Waals surface area (Å²) in [5.41, 5.74) is 0. The molecule has 4 nitrogen and oxygen atoms in total. The highest BCUT2D eigenvalue weighted by Crippen LogP contribution is 2.20. The van der Waals surface area contributed by atoms with E-state index >= 15 is 0 Å². The fourth-order valence-corrected chi connectivity index (χ4v) is 2.60. The summed E-state index contributed by atoms with van der Waals surface area (Å²) in [6.07, 6.45) is 1.15. The van der Waals surface area contributed by atoms with Crippen molar-refractivity contribution in [1.29, 1.82) is 0 Å². The van der Waals surface area contributed by atoms with Crippen molar-refractivity contribution in [3.63, 3.8) is 0 Å². The van der Waals surface area contributed by atoms with E-state index in [2.05, 4.69) is 33.7 Å². The third-order valence-corrected chi connectivity index (χ3v) is 3.33. The predicted molar refractivity (Wildman–Crippen MR) is 70.7 cm³/mol. The van der Waals surface area contributed by atoms with Gasteiger partial charge in [-0.25, -0.2) is 9.97 Å². The zero-order valence-electron chi connectivity index (χ0n) is 10.6. The molecule has 17 heavy (non-hydrogen) atoms. The molecule has 1 fully saturated rings. The molecule has 0 bridgehead atoms. The van der Waals surface area contributed by atoms with E-state index in [0.717, 1.165) is 37.7 Å². The molecule has 1 saturated heterocycles. The summed E-state index contributed by atoms with van der Waals surface area (Å²) in [5.74, 6) is 1.68. The third-order valence-electron chi connectivity index (χ3n) is 3.13. The van der Waals surface area contributed by atoms with Crippen molar-refractivity contribution in [3.8, 4) is 0 Å². The zero-order valence-corrected chi connectivity index (χ0v) is 11.4. The molecule has 2 rings (SSSR count). The minimum absolute atomic E-state index is 0.452. The first-order valence-corrected chi connectivity index (χ1v) is 6.40. The second-order valence-electron chi connectivity index (χ2n) is 4.75. The van der Waals surface area contributed by atoms with Gasteiger partial charge >= 0.3 is 0 Å². The second-order valence-corrected chi connectivity index (χ2v) is 5.14. The van der Waals surface area contributed by atoms with Crippen LogP contribution < -0.4 is 4.90 Å². The number of likely N-dealkylation sites (N-methyl/N-ethyl adjacent to an activating group) is 1. The van der Waals surface area contributed by atoms with Crippen LogP contribution in [0, 0.1) is 6.92 Å². The lowest BCUT2D eigenvalue weighted by Gasteiger charge is -2.29. The first kappa shape index (κ1) is 12.6. The Labute approximate surface area is 108 Å². The van der Waals surface area contributed by atoms with Crippen molar-refractivity contribution in [2.24, 2.45) is 0 Å². The molecule has 0 N–H and O–H groups in total. The summed E-state index contributed by atoms with van der Waals surface area (Å²) >= 11 is 6.00. The lowest BCUT2D eigenvalue weighted by Crippen LogP contribution is -2.38. The van der Waals surface area contributed by atoms with Crippen LogP contribution in [0.3, 0.4) is 0 Å². The van der Waals surface area contributed by atoms with E-state index in [-0.39, 0.29) is 0 Å². The van der Waals surface area contributed by atoms with Crippen molar-refractivity contribution in [1.82, 2.24) is 14.9 Å². The number of aromatic nitrogens is 2. The van der Waals surface area contributed by atoms with Gasteiger partial charge in [-0.1, -0.05) is 11.6 Å². The van der Waals surface area contributed by atoms with E-state index in [1.165, 1.54) is 0 Å². The summed E-state index contributed by atoms with van der Waals surface area (Å²) < 4.78 is 0. The Balaban J connectivity index is 2.25. The molecule has 0 radical (unpaired) electrons. The van der Waals surface area contributed by atoms with Crippen molar-refractivity contribution in [3.05, 3.63) is 17.0 Å². The number of aryl methyl sites for hydroxylation is 1. The van der Waals surface area contributed by atoms with Crippen LogP contribution in [0.2, 0.25) is 5.15 Å². The van der Waals surface area contributed by atoms with Gasteiger partial charge in [-0.05, 0) is 33.9 Å². The number of rotatable bonds is 1. The molecule has 1 aliphatic heterocycles. The van der Waals surface area contributed by atoms with Gasteiger partial charge in [0.1, 0.15) is 16.8 Å². The maximum absolute atomic E-state index is 6.00. The Bertz CT molecular complexity index is 376. The van der Waals surface area contributed by atoms with Crippen molar-refractivity contribution in [2.45, 2.75) is 26.3 Å². The standard InChI is InChI=1S/C12H19ClN4/c1-9-8-16(3)5-4-6-17(9)12-7-11(13)14-10(2)15-12/h7,9H,4-6,8H2,1-3H3. The predicted octanol–water partition coefficient (Wildman–Crippen LogP) is 1.97. The number of hydrogen-bond acceptors (Lipinski definition) is 4. The molecular formula is C12H19ClN4. The molecule has 2 heterocycles. The summed E-state index contributed by atoms with van der Waals surface area (Å²) in [6, 6.07) is 2.31. The minimum atomic E-state index is 0.452. The lowest BCUT2D eigenvalue weighted by molar-refractivity contribution is 0.337. The molecule has 0 saturated carbocycles. The normalized spacial score (nSPS) is 22.6. The van der Waals surface area contributed by atoms with E-state index in [9.17, 15) is 0 Å². The highest BCUT2D eigenvalue weighted by atomic mass is 35.5. The molecule has 5 heteroatoms. The maximum Gasteiger partial charge on any atom is 0.134 e. The van der Waals surface area contributed by atoms with E-state index in [4.69, 9.17) is 11.6 Å². The van der Waals surface area contributed by atoms with E-state index in [0.29, 0.717) is 11.2 Å². The number of anilines is 1. The minimum Gasteiger partial charge on any atom is -0.352 e. The smallest absolute Gasteiger partial charge is 0.134 e. The Morgan fingerprint density at radius 1 is 1.35 bits per heavy atom. The molecule has 1 aromatic rings. The van der Waals surface area contributed by atoms with E-state index in [1.54, 1.807) is 0 Å². The van der Waals surface area contributed by atoms with E-state index < -0.39 is 0 Å². The Morgan fingerprint density at radius 3 is 2.82 bits per heavy atom. The molecule has 1 unspecified atom stereocenters. The van der Waals surface area contributed by atoms with Crippen LogP contribution in [0.4, 0.5) is 5.82 Å². The van der Waals surface area contributed by atoms with Crippen LogP contribution in [0.25, 0.3) is 0 Å². The average Bonchev–Trinajstić information content (AvgIpc) is 2.37. The molecule has 0 aliphatic carbocycles. The number of hydrogen-bond donors (Lipinski definition) is 0. The fourth-order valence-electron chi connectivity index (χ4n) is 2.38. The van der Waals surface area contributed by atoms with Crippen molar-refractivity contribution < 1.29 is 0 Å². The Hall–Kier alpha value is -0.870. The van der Waals surface area contributed by atoms with Crippen molar-refractivity contribution >= 4 is 17.4 Å². The van der Waals surface area contributed by atoms with Gasteiger partial charge in [0.05, 0.1) is 0 Å². The summed E-state index contributed by atoms with van der Waals surface area (Å²) in [4.78, 5) is 13.3. The highest BCUT2D eigenvalue weighted by molar-refractivity contribution is 6.29. The number of halogens is 1. The monoisotopic (exact) mass is 254 g/mol. The Kier molecular flexibility index (Phi) is 3.84. The fraction of sp³-hybridized carbons (Fsp3) is 0.667. The molecular weight excluding hydrogens is 236 g/mol. The first-order valence-electron chi connectivity index (χ1n) is 6.02. The molecule has 94 valence electrons. The lowest BCUT2D eigenvalue weighted by atomic mass is 10.2. The van der Waals surface area contributed by atoms with Gasteiger partial charge in [0, 0.05) is 25.2 Å². The van der Waals surface area contributed by atoms with Crippen LogP contribution in [-0.2, 0) is 0 Å². The molecule has 1 aliphatic rings. The van der Waals surface area contributed by atoms with Gasteiger partial charge < -0.3 is 9.80 Å². The second kappa shape index (κ2) is 5.19. The van der Waals surface area contributed by atoms with Crippen LogP contribution in [0.5, 0.6) is 0 Å². The Morgan fingerprint density at radius 2 is 2.12 bits per heavy atom. The topological polar surface area (TPSA) is 32.3 Å². The van der Waals surface area contributed by atoms with Gasteiger partial charge in [-0.15, -0.1) is 0 Å². The van der Waals surface area contributed by atoms with Gasteiger partial charge in [0.25, 0.3) is 0 Å². The van der Waals surface area contributed by atoms with E-state index in [1.807, 2.05) is 13.0 Å². The quantitative estimate of drug-likeness (QED) is 0.718. The number of nitrogens with zero attached hydrogens (tertiary/aromatic N) is 4. The van der Waals surface area contributed by atoms with Crippen LogP contribution in [-0.4, -0.2) is 47.6 Å². The molecule has 0 spiro atoms. The van der Waals surface area contributed by atoms with Gasteiger partial charge in [0.2, 0.25) is 0 Å². The van der Waals surface area contributed by atoms with Gasteiger partial charge in [-0.3, -0.25) is 0 Å². The molecule has 1 aromatic heterocycles. The summed E-state index contributed by atoms with van der Waals surface area (Å²) in [6.45, 7) is 7.33. The largest absolute Gasteiger partial charge is 0.352 e. The maximum atomic E-state index is 6.00. The van der Waals surface area contributed by atoms with Crippen molar-refractivity contribution in [2.75, 3.05) is 31.6 Å². The summed E-state index contributed by atoms with van der Waals surface area (Å²) in [5, 5.41) is 0.525. The zero-order chi connectivity index (χ0) is 12.4. The molecule has 1 atom stereocenters. The SMILES string of the molecule is Cc1nc(Cl)cc(N2CCCN(C)CC2C)n1. The van der Waals surface area contributed by atoms with Gasteiger partial charge in [-0.2, -0.15) is 0 Å². The molecule has 0 aromatic carbocycles. The highest BCUT2D eigenvalue weighted by Gasteiger charge is 2.21. The van der Waals surface area contributed by atoms with Crippen LogP contribution in [0.1, 0.15) is 19.2 Å². The van der Waals surface area contributed by atoms with Crippen LogP contribution in [0.15, 0.2) is 6.07 Å². The molecule has 0 amide bonds. The summed E-state index contributed by atoms with van der Waals surface area (Å²) in [7, 11) is 2.16. The van der Waals surface area contributed by atoms with Gasteiger partial charge in [0.15, 0.2) is 0 Å². The first-order chi connectivity index (χ1) is 8.06. The van der Waals surface area contributed by atoms with Crippen LogP contribution >= 0.6 is 11.6 Å². The average molecular weight is 255 g/mol.